The van der Waals surface area contributed by atoms with E-state index in [-0.39, 0.29) is 12.0 Å². The van der Waals surface area contributed by atoms with Crippen LogP contribution in [0, 0.1) is 11.3 Å². The Hall–Kier alpha value is -1.53. The van der Waals surface area contributed by atoms with Gasteiger partial charge in [0.25, 0.3) is 0 Å². The van der Waals surface area contributed by atoms with E-state index in [4.69, 9.17) is 14.1 Å². The van der Waals surface area contributed by atoms with Gasteiger partial charge in [-0.2, -0.15) is 0 Å². The summed E-state index contributed by atoms with van der Waals surface area (Å²) in [6.07, 6.45) is 11.0. The molecule has 3 rings (SSSR count). The average molecular weight is 378 g/mol. The van der Waals surface area contributed by atoms with Crippen LogP contribution in [-0.2, 0) is 11.2 Å². The summed E-state index contributed by atoms with van der Waals surface area (Å²) >= 11 is 0. The molecule has 0 aromatic carbocycles. The Bertz CT molecular complexity index is 547. The summed E-state index contributed by atoms with van der Waals surface area (Å²) in [4.78, 5) is 4.87. The minimum Gasteiger partial charge on any atom is -0.469 e. The Morgan fingerprint density at radius 1 is 1.26 bits per heavy atom. The van der Waals surface area contributed by atoms with Gasteiger partial charge < -0.3 is 24.9 Å². The lowest BCUT2D eigenvalue weighted by Gasteiger charge is -2.26. The van der Waals surface area contributed by atoms with Gasteiger partial charge in [0, 0.05) is 38.1 Å². The van der Waals surface area contributed by atoms with Gasteiger partial charge in [0.15, 0.2) is 5.96 Å². The summed E-state index contributed by atoms with van der Waals surface area (Å²) < 4.78 is 11.0. The van der Waals surface area contributed by atoms with E-state index in [0.717, 1.165) is 56.6 Å². The largest absolute Gasteiger partial charge is 0.469 e. The second-order valence-corrected chi connectivity index (χ2v) is 8.08. The molecule has 2 fully saturated rings. The van der Waals surface area contributed by atoms with Gasteiger partial charge in [0.2, 0.25) is 0 Å². The number of ether oxygens (including phenoxy) is 1. The van der Waals surface area contributed by atoms with E-state index in [1.165, 1.54) is 32.1 Å². The summed E-state index contributed by atoms with van der Waals surface area (Å²) in [5.74, 6) is 2.60. The number of hydrogen-bond acceptors (Lipinski definition) is 4. The Morgan fingerprint density at radius 3 is 2.85 bits per heavy atom. The maximum Gasteiger partial charge on any atom is 0.191 e. The first-order valence-electron chi connectivity index (χ1n) is 10.5. The topological polar surface area (TPSA) is 79.0 Å². The molecule has 1 saturated carbocycles. The highest BCUT2D eigenvalue weighted by Crippen LogP contribution is 2.32. The van der Waals surface area contributed by atoms with Crippen molar-refractivity contribution < 1.29 is 14.3 Å². The highest BCUT2D eigenvalue weighted by atomic mass is 16.5. The maximum atomic E-state index is 9.43. The van der Waals surface area contributed by atoms with Crippen molar-refractivity contribution in [3.05, 3.63) is 24.2 Å². The second-order valence-electron chi connectivity index (χ2n) is 8.08. The number of furan rings is 1. The molecule has 0 bridgehead atoms. The quantitative estimate of drug-likeness (QED) is 0.455. The number of nitrogens with one attached hydrogen (secondary N) is 2. The van der Waals surface area contributed by atoms with E-state index in [1.807, 2.05) is 12.1 Å². The van der Waals surface area contributed by atoms with Crippen LogP contribution in [0.4, 0.5) is 0 Å². The van der Waals surface area contributed by atoms with Crippen LogP contribution < -0.4 is 10.6 Å². The summed E-state index contributed by atoms with van der Waals surface area (Å²) in [7, 11) is 0. The van der Waals surface area contributed by atoms with E-state index in [1.54, 1.807) is 6.26 Å². The summed E-state index contributed by atoms with van der Waals surface area (Å²) in [6, 6.07) is 3.92. The molecule has 2 aliphatic rings. The van der Waals surface area contributed by atoms with Gasteiger partial charge >= 0.3 is 0 Å². The number of nitrogens with zero attached hydrogens (tertiary/aromatic N) is 1. The molecule has 1 aromatic heterocycles. The zero-order chi connectivity index (χ0) is 18.8. The Labute approximate surface area is 162 Å². The van der Waals surface area contributed by atoms with Gasteiger partial charge in [-0.1, -0.05) is 19.3 Å². The normalized spacial score (nSPS) is 24.3. The minimum absolute atomic E-state index is 0.0186. The van der Waals surface area contributed by atoms with Gasteiger partial charge in [0.05, 0.1) is 19.4 Å². The SMILES string of the molecule is OCCC1(CN=C(NCCc2ccco2)NCC2CCCCC2)CCOC1. The summed E-state index contributed by atoms with van der Waals surface area (Å²) in [5.41, 5.74) is -0.0186. The maximum absolute atomic E-state index is 9.43. The lowest BCUT2D eigenvalue weighted by molar-refractivity contribution is 0.131. The zero-order valence-electron chi connectivity index (χ0n) is 16.4. The fourth-order valence-electron chi connectivity index (χ4n) is 4.10. The van der Waals surface area contributed by atoms with Crippen LogP contribution >= 0.6 is 0 Å². The fraction of sp³-hybridized carbons (Fsp3) is 0.762. The smallest absolute Gasteiger partial charge is 0.191 e. The first-order chi connectivity index (χ1) is 13.3. The molecule has 1 aliphatic carbocycles. The Kier molecular flexibility index (Phi) is 8.02. The molecule has 1 atom stereocenters. The monoisotopic (exact) mass is 377 g/mol. The van der Waals surface area contributed by atoms with Gasteiger partial charge in [-0.3, -0.25) is 4.99 Å². The third-order valence-electron chi connectivity index (χ3n) is 5.93. The van der Waals surface area contributed by atoms with E-state index in [2.05, 4.69) is 10.6 Å². The van der Waals surface area contributed by atoms with Crippen LogP contribution in [0.3, 0.4) is 0 Å². The molecule has 1 aromatic rings. The van der Waals surface area contributed by atoms with Crippen LogP contribution in [0.5, 0.6) is 0 Å². The van der Waals surface area contributed by atoms with E-state index >= 15 is 0 Å². The van der Waals surface area contributed by atoms with Crippen molar-refractivity contribution in [2.45, 2.75) is 51.4 Å². The Balaban J connectivity index is 1.54. The number of aliphatic hydroxyl groups excluding tert-OH is 1. The third kappa shape index (κ3) is 6.54. The van der Waals surface area contributed by atoms with Crippen LogP contribution in [0.2, 0.25) is 0 Å². The standard InChI is InChI=1S/C21H35N3O3/c25-12-9-21(10-14-26-17-21)16-24-20(22-11-8-19-7-4-13-27-19)23-15-18-5-2-1-3-6-18/h4,7,13,18,25H,1-3,5-6,8-12,14-17H2,(H2,22,23,24). The van der Waals surface area contributed by atoms with Crippen molar-refractivity contribution in [3.63, 3.8) is 0 Å². The second kappa shape index (κ2) is 10.7. The molecule has 6 heteroatoms. The van der Waals surface area contributed by atoms with Crippen LogP contribution in [0.15, 0.2) is 27.8 Å². The highest BCUT2D eigenvalue weighted by molar-refractivity contribution is 5.79. The molecule has 3 N–H and O–H groups in total. The third-order valence-corrected chi connectivity index (χ3v) is 5.93. The zero-order valence-corrected chi connectivity index (χ0v) is 16.4. The molecule has 152 valence electrons. The van der Waals surface area contributed by atoms with E-state index in [9.17, 15) is 5.11 Å². The predicted octanol–water partition coefficient (Wildman–Crippen LogP) is 2.73. The van der Waals surface area contributed by atoms with Crippen molar-refractivity contribution in [3.8, 4) is 0 Å². The van der Waals surface area contributed by atoms with Crippen LogP contribution in [0.25, 0.3) is 0 Å². The number of hydrogen-bond donors (Lipinski definition) is 3. The van der Waals surface area contributed by atoms with E-state index in [0.29, 0.717) is 13.2 Å². The van der Waals surface area contributed by atoms with Gasteiger partial charge in [-0.15, -0.1) is 0 Å². The minimum atomic E-state index is -0.0186. The lowest BCUT2D eigenvalue weighted by Crippen LogP contribution is -2.42. The molecule has 1 saturated heterocycles. The molecular formula is C21H35N3O3. The number of aliphatic imine (C=N–C) groups is 1. The first kappa shape index (κ1) is 20.2. The summed E-state index contributed by atoms with van der Waals surface area (Å²) in [6.45, 7) is 4.11. The molecule has 6 nitrogen and oxygen atoms in total. The average Bonchev–Trinajstić information content (AvgIpc) is 3.37. The van der Waals surface area contributed by atoms with Gasteiger partial charge in [-0.25, -0.2) is 0 Å². The number of rotatable bonds is 9. The van der Waals surface area contributed by atoms with Crippen LogP contribution in [0.1, 0.15) is 50.7 Å². The van der Waals surface area contributed by atoms with Crippen molar-refractivity contribution in [1.29, 1.82) is 0 Å². The van der Waals surface area contributed by atoms with Crippen LogP contribution in [-0.4, -0.2) is 50.5 Å². The summed E-state index contributed by atoms with van der Waals surface area (Å²) in [5, 5.41) is 16.4. The molecule has 0 spiro atoms. The van der Waals surface area contributed by atoms with Gasteiger partial charge in [0.1, 0.15) is 5.76 Å². The van der Waals surface area contributed by atoms with Crippen molar-refractivity contribution in [2.24, 2.45) is 16.3 Å². The number of aliphatic hydroxyl groups is 1. The van der Waals surface area contributed by atoms with E-state index < -0.39 is 0 Å². The Morgan fingerprint density at radius 2 is 2.15 bits per heavy atom. The van der Waals surface area contributed by atoms with Crippen molar-refractivity contribution in [2.75, 3.05) is 39.5 Å². The first-order valence-corrected chi connectivity index (χ1v) is 10.5. The molecule has 27 heavy (non-hydrogen) atoms. The fourth-order valence-corrected chi connectivity index (χ4v) is 4.10. The van der Waals surface area contributed by atoms with Crippen molar-refractivity contribution >= 4 is 5.96 Å². The molecule has 2 heterocycles. The highest BCUT2D eigenvalue weighted by Gasteiger charge is 2.34. The number of guanidine groups is 1. The predicted molar refractivity (Wildman–Crippen MR) is 107 cm³/mol. The molecule has 1 unspecified atom stereocenters. The molecule has 0 amide bonds. The molecule has 1 aliphatic heterocycles. The lowest BCUT2D eigenvalue weighted by atomic mass is 9.84. The van der Waals surface area contributed by atoms with Gasteiger partial charge in [-0.05, 0) is 43.7 Å². The van der Waals surface area contributed by atoms with Crippen molar-refractivity contribution in [1.82, 2.24) is 10.6 Å². The molecular weight excluding hydrogens is 342 g/mol. The molecule has 0 radical (unpaired) electrons.